The zero-order valence-corrected chi connectivity index (χ0v) is 18.4. The number of anilines is 1. The van der Waals surface area contributed by atoms with E-state index in [0.717, 1.165) is 36.7 Å². The van der Waals surface area contributed by atoms with Crippen LogP contribution in [-0.2, 0) is 10.0 Å². The third-order valence-corrected chi connectivity index (χ3v) is 7.20. The summed E-state index contributed by atoms with van der Waals surface area (Å²) in [5.41, 5.74) is 0.590. The van der Waals surface area contributed by atoms with Crippen LogP contribution in [-0.4, -0.2) is 50.7 Å². The van der Waals surface area contributed by atoms with Gasteiger partial charge >= 0.3 is 0 Å². The largest absolute Gasteiger partial charge is 0.390 e. The maximum Gasteiger partial charge on any atom is 0.264 e. The Kier molecular flexibility index (Phi) is 7.36. The topological polar surface area (TPSA) is 60.9 Å². The molecule has 0 radical (unpaired) electrons. The Bertz CT molecular complexity index is 1060. The van der Waals surface area contributed by atoms with Gasteiger partial charge in [0.25, 0.3) is 10.0 Å². The standard InChI is InChI=1S/C23H26N2O3S.ClH/c26-20(17-24-15-6-7-16-24)18-25(29(27,28)21-11-2-1-3-12-21)23-14-8-10-19-9-4-5-13-22(19)23;/h1-5,8-14,20,26H,6-7,15-18H2;1H. The fourth-order valence-electron chi connectivity index (χ4n) is 3.98. The van der Waals surface area contributed by atoms with E-state index < -0.39 is 16.1 Å². The van der Waals surface area contributed by atoms with E-state index >= 15 is 0 Å². The molecule has 1 unspecified atom stereocenters. The van der Waals surface area contributed by atoms with Crippen molar-refractivity contribution in [1.29, 1.82) is 0 Å². The Morgan fingerprint density at radius 3 is 2.27 bits per heavy atom. The number of halogens is 1. The first-order valence-electron chi connectivity index (χ1n) is 10.0. The van der Waals surface area contributed by atoms with E-state index in [1.54, 1.807) is 30.3 Å². The second-order valence-corrected chi connectivity index (χ2v) is 9.37. The van der Waals surface area contributed by atoms with Gasteiger partial charge in [-0.3, -0.25) is 4.31 Å². The molecule has 5 nitrogen and oxygen atoms in total. The molecule has 0 aromatic heterocycles. The third kappa shape index (κ3) is 4.78. The summed E-state index contributed by atoms with van der Waals surface area (Å²) in [6, 6.07) is 21.8. The monoisotopic (exact) mass is 446 g/mol. The summed E-state index contributed by atoms with van der Waals surface area (Å²) >= 11 is 0. The summed E-state index contributed by atoms with van der Waals surface area (Å²) in [6.07, 6.45) is 1.48. The van der Waals surface area contributed by atoms with Crippen LogP contribution in [0.4, 0.5) is 5.69 Å². The number of benzene rings is 3. The quantitative estimate of drug-likeness (QED) is 0.597. The summed E-state index contributed by atoms with van der Waals surface area (Å²) in [4.78, 5) is 2.42. The predicted octanol–water partition coefficient (Wildman–Crippen LogP) is 3.91. The molecule has 1 saturated heterocycles. The maximum atomic E-state index is 13.6. The summed E-state index contributed by atoms with van der Waals surface area (Å²) in [5, 5.41) is 12.6. The number of sulfonamides is 1. The fraction of sp³-hybridized carbons (Fsp3) is 0.304. The molecule has 30 heavy (non-hydrogen) atoms. The molecule has 4 rings (SSSR count). The normalized spacial score (nSPS) is 15.6. The van der Waals surface area contributed by atoms with E-state index in [-0.39, 0.29) is 23.8 Å². The van der Waals surface area contributed by atoms with Gasteiger partial charge in [0, 0.05) is 11.9 Å². The Hall–Kier alpha value is -2.12. The van der Waals surface area contributed by atoms with Gasteiger partial charge in [0.1, 0.15) is 0 Å². The van der Waals surface area contributed by atoms with Crippen molar-refractivity contribution in [3.63, 3.8) is 0 Å². The van der Waals surface area contributed by atoms with Gasteiger partial charge in [0.15, 0.2) is 0 Å². The van der Waals surface area contributed by atoms with Crippen LogP contribution in [0.2, 0.25) is 0 Å². The highest BCUT2D eigenvalue weighted by molar-refractivity contribution is 7.92. The first-order chi connectivity index (χ1) is 14.1. The van der Waals surface area contributed by atoms with Gasteiger partial charge in [-0.2, -0.15) is 0 Å². The van der Waals surface area contributed by atoms with Crippen LogP contribution in [0.5, 0.6) is 0 Å². The maximum absolute atomic E-state index is 13.6. The molecule has 1 atom stereocenters. The number of rotatable bonds is 7. The van der Waals surface area contributed by atoms with Crippen molar-refractivity contribution >= 4 is 38.9 Å². The van der Waals surface area contributed by atoms with Crippen molar-refractivity contribution in [3.8, 4) is 0 Å². The average molecular weight is 447 g/mol. The SMILES string of the molecule is Cl.O=S(=O)(c1ccccc1)N(CC(O)CN1CCCC1)c1cccc2ccccc12. The molecule has 1 heterocycles. The summed E-state index contributed by atoms with van der Waals surface area (Å²) in [6.45, 7) is 2.40. The van der Waals surface area contributed by atoms with Crippen molar-refractivity contribution in [2.45, 2.75) is 23.8 Å². The Labute approximate surface area is 184 Å². The molecular formula is C23H27ClN2O3S. The highest BCUT2D eigenvalue weighted by atomic mass is 35.5. The molecule has 0 spiro atoms. The third-order valence-electron chi connectivity index (χ3n) is 5.41. The molecule has 0 amide bonds. The number of hydrogen-bond donors (Lipinski definition) is 1. The van der Waals surface area contributed by atoms with Crippen molar-refractivity contribution in [2.24, 2.45) is 0 Å². The van der Waals surface area contributed by atoms with E-state index in [2.05, 4.69) is 4.90 Å². The minimum Gasteiger partial charge on any atom is -0.390 e. The molecule has 1 fully saturated rings. The van der Waals surface area contributed by atoms with Crippen molar-refractivity contribution in [2.75, 3.05) is 30.5 Å². The summed E-state index contributed by atoms with van der Waals surface area (Å²) in [7, 11) is -3.82. The van der Waals surface area contributed by atoms with Crippen LogP contribution in [0.15, 0.2) is 77.7 Å². The average Bonchev–Trinajstić information content (AvgIpc) is 3.25. The van der Waals surface area contributed by atoms with Gasteiger partial charge in [0.05, 0.1) is 23.2 Å². The number of hydrogen-bond acceptors (Lipinski definition) is 4. The van der Waals surface area contributed by atoms with Crippen LogP contribution in [0, 0.1) is 0 Å². The molecule has 1 N–H and O–H groups in total. The molecule has 160 valence electrons. The lowest BCUT2D eigenvalue weighted by molar-refractivity contribution is 0.132. The first-order valence-corrected chi connectivity index (χ1v) is 11.5. The Morgan fingerprint density at radius 2 is 1.53 bits per heavy atom. The van der Waals surface area contributed by atoms with E-state index in [9.17, 15) is 13.5 Å². The molecule has 0 aliphatic carbocycles. The van der Waals surface area contributed by atoms with Gasteiger partial charge < -0.3 is 10.0 Å². The predicted molar refractivity (Wildman–Crippen MR) is 124 cm³/mol. The number of aliphatic hydroxyl groups excluding tert-OH is 1. The minimum atomic E-state index is -3.82. The highest BCUT2D eigenvalue weighted by Crippen LogP contribution is 2.31. The number of aliphatic hydroxyl groups is 1. The van der Waals surface area contributed by atoms with Gasteiger partial charge in [-0.05, 0) is 49.5 Å². The van der Waals surface area contributed by atoms with Gasteiger partial charge in [-0.25, -0.2) is 8.42 Å². The smallest absolute Gasteiger partial charge is 0.264 e. The van der Waals surface area contributed by atoms with E-state index in [0.29, 0.717) is 12.2 Å². The van der Waals surface area contributed by atoms with Crippen LogP contribution >= 0.6 is 12.4 Å². The lowest BCUT2D eigenvalue weighted by Crippen LogP contribution is -2.42. The summed E-state index contributed by atoms with van der Waals surface area (Å²) < 4.78 is 28.5. The minimum absolute atomic E-state index is 0. The van der Waals surface area contributed by atoms with Crippen molar-refractivity contribution in [3.05, 3.63) is 72.8 Å². The number of β-amino-alcohol motifs (C(OH)–C–C–N with tert-alkyl or cyclic N) is 1. The van der Waals surface area contributed by atoms with E-state index in [1.165, 1.54) is 4.31 Å². The zero-order chi connectivity index (χ0) is 20.3. The van der Waals surface area contributed by atoms with Crippen LogP contribution in [0.3, 0.4) is 0 Å². The summed E-state index contributed by atoms with van der Waals surface area (Å²) in [5.74, 6) is 0. The number of fused-ring (bicyclic) bond motifs is 1. The second-order valence-electron chi connectivity index (χ2n) is 7.51. The Morgan fingerprint density at radius 1 is 0.900 bits per heavy atom. The van der Waals surface area contributed by atoms with E-state index in [4.69, 9.17) is 0 Å². The van der Waals surface area contributed by atoms with Crippen molar-refractivity contribution in [1.82, 2.24) is 4.90 Å². The van der Waals surface area contributed by atoms with E-state index in [1.807, 2.05) is 42.5 Å². The molecule has 0 bridgehead atoms. The van der Waals surface area contributed by atoms with Crippen LogP contribution in [0.25, 0.3) is 10.8 Å². The van der Waals surface area contributed by atoms with Crippen molar-refractivity contribution < 1.29 is 13.5 Å². The molecule has 1 aliphatic rings. The highest BCUT2D eigenvalue weighted by Gasteiger charge is 2.29. The fourth-order valence-corrected chi connectivity index (χ4v) is 5.53. The lowest BCUT2D eigenvalue weighted by atomic mass is 10.1. The number of nitrogens with zero attached hydrogens (tertiary/aromatic N) is 2. The second kappa shape index (κ2) is 9.79. The van der Waals surface area contributed by atoms with Crippen LogP contribution < -0.4 is 4.31 Å². The van der Waals surface area contributed by atoms with Gasteiger partial charge in [0.2, 0.25) is 0 Å². The van der Waals surface area contributed by atoms with Crippen LogP contribution in [0.1, 0.15) is 12.8 Å². The number of likely N-dealkylation sites (tertiary alicyclic amines) is 1. The molecule has 3 aromatic carbocycles. The first kappa shape index (κ1) is 22.6. The zero-order valence-electron chi connectivity index (χ0n) is 16.7. The Balaban J connectivity index is 0.00000256. The van der Waals surface area contributed by atoms with Gasteiger partial charge in [-0.15, -0.1) is 12.4 Å². The lowest BCUT2D eigenvalue weighted by Gasteiger charge is -2.29. The molecule has 1 aliphatic heterocycles. The molecule has 3 aromatic rings. The molecule has 0 saturated carbocycles. The molecule has 7 heteroatoms. The molecular weight excluding hydrogens is 420 g/mol. The van der Waals surface area contributed by atoms with Gasteiger partial charge in [-0.1, -0.05) is 54.6 Å².